The molecule has 0 bridgehead atoms. The molecular weight excluding hydrogens is 304 g/mol. The second-order valence-electron chi connectivity index (χ2n) is 6.10. The highest BCUT2D eigenvalue weighted by atomic mass is 16.4. The fourth-order valence-corrected chi connectivity index (χ4v) is 2.91. The van der Waals surface area contributed by atoms with Crippen LogP contribution in [0.15, 0.2) is 53.3 Å². The van der Waals surface area contributed by atoms with Crippen LogP contribution in [0.3, 0.4) is 0 Å². The van der Waals surface area contributed by atoms with E-state index in [1.54, 1.807) is 10.9 Å². The van der Waals surface area contributed by atoms with Crippen molar-refractivity contribution in [3.8, 4) is 11.3 Å². The Kier molecular flexibility index (Phi) is 3.65. The third-order valence-electron chi connectivity index (χ3n) is 4.31. The second-order valence-corrected chi connectivity index (χ2v) is 6.10. The Balaban J connectivity index is 1.33. The Bertz CT molecular complexity index is 853. The molecule has 1 saturated carbocycles. The summed E-state index contributed by atoms with van der Waals surface area (Å²) in [4.78, 5) is 16.5. The van der Waals surface area contributed by atoms with Crippen molar-refractivity contribution in [3.63, 3.8) is 0 Å². The number of nitrogens with one attached hydrogen (secondary N) is 1. The van der Waals surface area contributed by atoms with E-state index in [9.17, 15) is 4.79 Å². The molecule has 1 N–H and O–H groups in total. The van der Waals surface area contributed by atoms with Gasteiger partial charge in [-0.15, -0.1) is 0 Å². The molecule has 1 fully saturated rings. The average Bonchev–Trinajstić information content (AvgIpc) is 3.05. The molecular formula is C18H18N4O2. The number of carbonyl (C=O) groups is 1. The molecule has 2 heterocycles. The van der Waals surface area contributed by atoms with E-state index in [0.717, 1.165) is 17.5 Å². The first kappa shape index (κ1) is 14.7. The minimum absolute atomic E-state index is 0.0257. The van der Waals surface area contributed by atoms with E-state index in [4.69, 9.17) is 4.42 Å². The molecule has 24 heavy (non-hydrogen) atoms. The van der Waals surface area contributed by atoms with Gasteiger partial charge in [0.2, 0.25) is 11.8 Å². The van der Waals surface area contributed by atoms with Crippen molar-refractivity contribution in [1.29, 1.82) is 0 Å². The lowest BCUT2D eigenvalue weighted by Crippen LogP contribution is -2.25. The van der Waals surface area contributed by atoms with Crippen LogP contribution in [0.1, 0.15) is 23.8 Å². The third-order valence-corrected chi connectivity index (χ3v) is 4.31. The summed E-state index contributed by atoms with van der Waals surface area (Å²) in [5.74, 6) is 1.57. The van der Waals surface area contributed by atoms with Crippen molar-refractivity contribution < 1.29 is 9.21 Å². The summed E-state index contributed by atoms with van der Waals surface area (Å²) in [5, 5.41) is 7.07. The lowest BCUT2D eigenvalue weighted by Gasteiger charge is -2.01. The number of aryl methyl sites for hydroxylation is 1. The predicted molar refractivity (Wildman–Crippen MR) is 87.8 cm³/mol. The van der Waals surface area contributed by atoms with Gasteiger partial charge >= 0.3 is 0 Å². The Hall–Kier alpha value is -2.89. The van der Waals surface area contributed by atoms with E-state index in [1.165, 1.54) is 0 Å². The molecule has 3 aromatic rings. The van der Waals surface area contributed by atoms with Gasteiger partial charge in [-0.05, 0) is 17.9 Å². The van der Waals surface area contributed by atoms with Crippen LogP contribution in [0.4, 0.5) is 0 Å². The van der Waals surface area contributed by atoms with Crippen molar-refractivity contribution in [3.05, 3.63) is 60.4 Å². The van der Waals surface area contributed by atoms with E-state index >= 15 is 0 Å². The largest absolute Gasteiger partial charge is 0.439 e. The van der Waals surface area contributed by atoms with Gasteiger partial charge in [0.15, 0.2) is 5.76 Å². The molecule has 0 unspecified atom stereocenters. The molecule has 1 aromatic carbocycles. The molecule has 0 aliphatic heterocycles. The maximum atomic E-state index is 12.2. The maximum Gasteiger partial charge on any atom is 0.224 e. The first-order valence-electron chi connectivity index (χ1n) is 7.97. The molecule has 2 aromatic heterocycles. The fraction of sp³-hybridized carbons (Fsp3) is 0.278. The zero-order valence-corrected chi connectivity index (χ0v) is 13.3. The first-order chi connectivity index (χ1) is 11.7. The van der Waals surface area contributed by atoms with Crippen LogP contribution in [0.25, 0.3) is 11.3 Å². The van der Waals surface area contributed by atoms with Gasteiger partial charge in [-0.3, -0.25) is 9.48 Å². The van der Waals surface area contributed by atoms with E-state index in [-0.39, 0.29) is 17.7 Å². The number of hydrogen-bond donors (Lipinski definition) is 1. The molecule has 0 spiro atoms. The van der Waals surface area contributed by atoms with Gasteiger partial charge in [0, 0.05) is 24.7 Å². The Labute approximate surface area is 139 Å². The van der Waals surface area contributed by atoms with Crippen molar-refractivity contribution >= 4 is 5.91 Å². The standard InChI is InChI=1S/C18H18N4O2/c1-22-11-13(8-21-22)14-7-15(14)18(23)20-10-17-19-9-16(24-17)12-5-3-2-4-6-12/h2-6,8-9,11,14-15H,7,10H2,1H3,(H,20,23)/t14-,15+/m1/s1. The summed E-state index contributed by atoms with van der Waals surface area (Å²) in [7, 11) is 1.88. The molecule has 4 rings (SSSR count). The van der Waals surface area contributed by atoms with Crippen LogP contribution in [-0.4, -0.2) is 20.7 Å². The molecule has 2 atom stereocenters. The number of carbonyl (C=O) groups excluding carboxylic acids is 1. The lowest BCUT2D eigenvalue weighted by atomic mass is 10.2. The van der Waals surface area contributed by atoms with Gasteiger partial charge in [0.1, 0.15) is 0 Å². The average molecular weight is 322 g/mol. The van der Waals surface area contributed by atoms with Crippen molar-refractivity contribution in [2.75, 3.05) is 0 Å². The summed E-state index contributed by atoms with van der Waals surface area (Å²) >= 11 is 0. The van der Waals surface area contributed by atoms with Gasteiger partial charge in [-0.2, -0.15) is 5.10 Å². The number of oxazole rings is 1. The highest BCUT2D eigenvalue weighted by molar-refractivity contribution is 5.82. The predicted octanol–water partition coefficient (Wildman–Crippen LogP) is 2.50. The Morgan fingerprint density at radius 1 is 1.33 bits per heavy atom. The minimum atomic E-state index is 0.0257. The minimum Gasteiger partial charge on any atom is -0.439 e. The molecule has 0 saturated heterocycles. The van der Waals surface area contributed by atoms with Gasteiger partial charge in [-0.1, -0.05) is 30.3 Å². The number of benzene rings is 1. The van der Waals surface area contributed by atoms with E-state index in [2.05, 4.69) is 15.4 Å². The summed E-state index contributed by atoms with van der Waals surface area (Å²) in [6.07, 6.45) is 6.36. The van der Waals surface area contributed by atoms with Crippen LogP contribution in [0.2, 0.25) is 0 Å². The highest BCUT2D eigenvalue weighted by Gasteiger charge is 2.44. The van der Waals surface area contributed by atoms with E-state index < -0.39 is 0 Å². The highest BCUT2D eigenvalue weighted by Crippen LogP contribution is 2.47. The van der Waals surface area contributed by atoms with Crippen molar-refractivity contribution in [2.24, 2.45) is 13.0 Å². The van der Waals surface area contributed by atoms with Gasteiger partial charge < -0.3 is 9.73 Å². The maximum absolute atomic E-state index is 12.2. The van der Waals surface area contributed by atoms with Gasteiger partial charge in [-0.25, -0.2) is 4.98 Å². The van der Waals surface area contributed by atoms with Crippen LogP contribution in [-0.2, 0) is 18.4 Å². The molecule has 1 aliphatic rings. The zero-order valence-electron chi connectivity index (χ0n) is 13.3. The summed E-state index contributed by atoms with van der Waals surface area (Å²) in [6.45, 7) is 0.307. The van der Waals surface area contributed by atoms with E-state index in [0.29, 0.717) is 18.2 Å². The van der Waals surface area contributed by atoms with Crippen LogP contribution in [0, 0.1) is 5.92 Å². The lowest BCUT2D eigenvalue weighted by molar-refractivity contribution is -0.122. The monoisotopic (exact) mass is 322 g/mol. The molecule has 0 radical (unpaired) electrons. The Morgan fingerprint density at radius 2 is 2.17 bits per heavy atom. The molecule has 1 aliphatic carbocycles. The number of hydrogen-bond acceptors (Lipinski definition) is 4. The van der Waals surface area contributed by atoms with Crippen LogP contribution >= 0.6 is 0 Å². The summed E-state index contributed by atoms with van der Waals surface area (Å²) in [5.41, 5.74) is 2.10. The van der Waals surface area contributed by atoms with Gasteiger partial charge in [0.25, 0.3) is 0 Å². The molecule has 122 valence electrons. The quantitative estimate of drug-likeness (QED) is 0.783. The fourth-order valence-electron chi connectivity index (χ4n) is 2.91. The second kappa shape index (κ2) is 5.96. The number of amides is 1. The van der Waals surface area contributed by atoms with Crippen molar-refractivity contribution in [1.82, 2.24) is 20.1 Å². The summed E-state index contributed by atoms with van der Waals surface area (Å²) < 4.78 is 7.46. The van der Waals surface area contributed by atoms with E-state index in [1.807, 2.05) is 49.8 Å². The normalized spacial score (nSPS) is 19.2. The Morgan fingerprint density at radius 3 is 2.92 bits per heavy atom. The number of aromatic nitrogens is 3. The smallest absolute Gasteiger partial charge is 0.224 e. The molecule has 1 amide bonds. The molecule has 6 nitrogen and oxygen atoms in total. The zero-order chi connectivity index (χ0) is 16.5. The number of nitrogens with zero attached hydrogens (tertiary/aromatic N) is 3. The number of rotatable bonds is 5. The molecule has 6 heteroatoms. The third kappa shape index (κ3) is 2.95. The SMILES string of the molecule is Cn1cc([C@H]2C[C@@H]2C(=O)NCc2ncc(-c3ccccc3)o2)cn1. The summed E-state index contributed by atoms with van der Waals surface area (Å²) in [6, 6.07) is 9.78. The van der Waals surface area contributed by atoms with Crippen LogP contribution < -0.4 is 5.32 Å². The topological polar surface area (TPSA) is 73.0 Å². The first-order valence-corrected chi connectivity index (χ1v) is 7.97. The van der Waals surface area contributed by atoms with Gasteiger partial charge in [0.05, 0.1) is 18.9 Å². The van der Waals surface area contributed by atoms with Crippen LogP contribution in [0.5, 0.6) is 0 Å². The van der Waals surface area contributed by atoms with Crippen molar-refractivity contribution in [2.45, 2.75) is 18.9 Å².